The van der Waals surface area contributed by atoms with Gasteiger partial charge in [0.15, 0.2) is 0 Å². The van der Waals surface area contributed by atoms with Crippen LogP contribution < -0.4 is 10.6 Å². The van der Waals surface area contributed by atoms with E-state index >= 15 is 0 Å². The highest BCUT2D eigenvalue weighted by Gasteiger charge is 2.42. The molecule has 0 aliphatic carbocycles. The molecule has 7 nitrogen and oxygen atoms in total. The average molecular weight is 334 g/mol. The maximum atomic E-state index is 11.7. The fourth-order valence-electron chi connectivity index (χ4n) is 2.00. The van der Waals surface area contributed by atoms with Crippen molar-refractivity contribution in [3.63, 3.8) is 0 Å². The van der Waals surface area contributed by atoms with Gasteiger partial charge in [0.2, 0.25) is 0 Å². The lowest BCUT2D eigenvalue weighted by atomic mass is 9.95. The molecule has 1 heterocycles. The number of rotatable bonds is 8. The minimum absolute atomic E-state index is 0.269. The smallest absolute Gasteiger partial charge is 0.407 e. The van der Waals surface area contributed by atoms with Crippen molar-refractivity contribution in [2.24, 2.45) is 0 Å². The summed E-state index contributed by atoms with van der Waals surface area (Å²) >= 11 is 1.60. The average Bonchev–Trinajstić information content (AvgIpc) is 2.33. The number of hydrogen-bond acceptors (Lipinski definition) is 6. The first-order valence-electron chi connectivity index (χ1n) is 7.21. The molecule has 0 saturated carbocycles. The summed E-state index contributed by atoms with van der Waals surface area (Å²) in [6.07, 6.45) is 1.94. The number of carboxylic acids is 1. The highest BCUT2D eigenvalue weighted by molar-refractivity contribution is 7.98. The molecule has 3 N–H and O–H groups in total. The summed E-state index contributed by atoms with van der Waals surface area (Å²) in [5.41, 5.74) is -1.11. The molecular weight excluding hydrogens is 308 g/mol. The molecule has 1 rings (SSSR count). The van der Waals surface area contributed by atoms with Crippen molar-refractivity contribution < 1.29 is 24.2 Å². The van der Waals surface area contributed by atoms with E-state index in [1.807, 2.05) is 6.26 Å². The summed E-state index contributed by atoms with van der Waals surface area (Å²) in [6, 6.07) is -0.656. The van der Waals surface area contributed by atoms with Gasteiger partial charge < -0.3 is 19.9 Å². The van der Waals surface area contributed by atoms with Crippen LogP contribution in [0.5, 0.6) is 0 Å². The first kappa shape index (κ1) is 19.1. The summed E-state index contributed by atoms with van der Waals surface area (Å²) in [5, 5.41) is 15.1. The van der Waals surface area contributed by atoms with Gasteiger partial charge in [-0.15, -0.1) is 0 Å². The van der Waals surface area contributed by atoms with Gasteiger partial charge >= 0.3 is 12.1 Å². The van der Waals surface area contributed by atoms with Gasteiger partial charge in [0.05, 0.1) is 18.8 Å². The molecule has 1 amide bonds. The highest BCUT2D eigenvalue weighted by atomic mass is 32.2. The zero-order valence-electron chi connectivity index (χ0n) is 13.6. The second-order valence-corrected chi connectivity index (χ2v) is 7.43. The standard InChI is InChI=1S/C14H26N2O5S/c1-13(2,3)21-12(19)15-7-14(8-20-9-14)16-10(11(17)18)5-6-22-4/h10,16H,5-9H2,1-4H3,(H,15,19)(H,17,18)/t10-/m0/s1. The molecule has 0 aromatic carbocycles. The Morgan fingerprint density at radius 2 is 2.05 bits per heavy atom. The van der Waals surface area contributed by atoms with Gasteiger partial charge in [-0.05, 0) is 39.2 Å². The Bertz CT molecular complexity index is 393. The van der Waals surface area contributed by atoms with Gasteiger partial charge in [-0.3, -0.25) is 10.1 Å². The molecule has 0 bridgehead atoms. The Morgan fingerprint density at radius 1 is 1.41 bits per heavy atom. The molecule has 0 unspecified atom stereocenters. The summed E-state index contributed by atoms with van der Waals surface area (Å²) < 4.78 is 10.4. The van der Waals surface area contributed by atoms with Crippen LogP contribution in [-0.4, -0.2) is 66.1 Å². The van der Waals surface area contributed by atoms with Crippen LogP contribution in [0.2, 0.25) is 0 Å². The molecule has 1 atom stereocenters. The lowest BCUT2D eigenvalue weighted by molar-refractivity contribution is -0.143. The van der Waals surface area contributed by atoms with Crippen molar-refractivity contribution in [1.29, 1.82) is 0 Å². The van der Waals surface area contributed by atoms with Gasteiger partial charge in [0.1, 0.15) is 11.6 Å². The van der Waals surface area contributed by atoms with Crippen LogP contribution in [0.4, 0.5) is 4.79 Å². The zero-order chi connectivity index (χ0) is 16.8. The van der Waals surface area contributed by atoms with Crippen molar-refractivity contribution in [2.75, 3.05) is 31.8 Å². The van der Waals surface area contributed by atoms with Crippen LogP contribution in [0.15, 0.2) is 0 Å². The molecular formula is C14H26N2O5S. The predicted molar refractivity (Wildman–Crippen MR) is 85.3 cm³/mol. The number of alkyl carbamates (subject to hydrolysis) is 1. The molecule has 1 aliphatic rings. The van der Waals surface area contributed by atoms with Gasteiger partial charge in [0.25, 0.3) is 0 Å². The van der Waals surface area contributed by atoms with E-state index in [1.54, 1.807) is 32.5 Å². The number of carbonyl (C=O) groups is 2. The van der Waals surface area contributed by atoms with E-state index < -0.39 is 29.2 Å². The highest BCUT2D eigenvalue weighted by Crippen LogP contribution is 2.19. The summed E-state index contributed by atoms with van der Waals surface area (Å²) in [4.78, 5) is 23.0. The fourth-order valence-corrected chi connectivity index (χ4v) is 2.47. The van der Waals surface area contributed by atoms with Crippen molar-refractivity contribution in [1.82, 2.24) is 10.6 Å². The van der Waals surface area contributed by atoms with Crippen LogP contribution in [0.1, 0.15) is 27.2 Å². The minimum Gasteiger partial charge on any atom is -0.480 e. The third kappa shape index (κ3) is 6.41. The summed E-state index contributed by atoms with van der Waals surface area (Å²) in [6.45, 7) is 6.37. The van der Waals surface area contributed by atoms with Crippen molar-refractivity contribution in [3.05, 3.63) is 0 Å². The van der Waals surface area contributed by atoms with E-state index in [2.05, 4.69) is 10.6 Å². The number of hydrogen-bond donors (Lipinski definition) is 3. The van der Waals surface area contributed by atoms with E-state index in [1.165, 1.54) is 0 Å². The molecule has 22 heavy (non-hydrogen) atoms. The lowest BCUT2D eigenvalue weighted by Gasteiger charge is -2.44. The van der Waals surface area contributed by atoms with E-state index in [9.17, 15) is 14.7 Å². The van der Waals surface area contributed by atoms with Crippen LogP contribution in [0, 0.1) is 0 Å². The number of aliphatic carboxylic acids is 1. The van der Waals surface area contributed by atoms with Crippen molar-refractivity contribution in [2.45, 2.75) is 44.4 Å². The second-order valence-electron chi connectivity index (χ2n) is 6.45. The first-order chi connectivity index (χ1) is 10.2. The van der Waals surface area contributed by atoms with Crippen LogP contribution >= 0.6 is 11.8 Å². The zero-order valence-corrected chi connectivity index (χ0v) is 14.4. The van der Waals surface area contributed by atoms with E-state index in [0.717, 1.165) is 5.75 Å². The Balaban J connectivity index is 2.53. The summed E-state index contributed by atoms with van der Waals surface area (Å²) in [5.74, 6) is -0.141. The lowest BCUT2D eigenvalue weighted by Crippen LogP contribution is -2.69. The first-order valence-corrected chi connectivity index (χ1v) is 8.61. The maximum Gasteiger partial charge on any atom is 0.407 e. The number of amides is 1. The Kier molecular flexibility index (Phi) is 6.96. The fraction of sp³-hybridized carbons (Fsp3) is 0.857. The number of ether oxygens (including phenoxy) is 2. The normalized spacial score (nSPS) is 18.2. The second kappa shape index (κ2) is 8.03. The maximum absolute atomic E-state index is 11.7. The minimum atomic E-state index is -0.891. The molecule has 128 valence electrons. The molecule has 0 aromatic rings. The molecule has 1 aliphatic heterocycles. The van der Waals surface area contributed by atoms with Gasteiger partial charge in [0, 0.05) is 6.54 Å². The van der Waals surface area contributed by atoms with Crippen molar-refractivity contribution in [3.8, 4) is 0 Å². The Morgan fingerprint density at radius 3 is 2.45 bits per heavy atom. The molecule has 1 fully saturated rings. The third-order valence-corrected chi connectivity index (χ3v) is 3.76. The van der Waals surface area contributed by atoms with Crippen LogP contribution in [0.3, 0.4) is 0 Å². The summed E-state index contributed by atoms with van der Waals surface area (Å²) in [7, 11) is 0. The Labute approximate surface area is 135 Å². The Hall–Kier alpha value is -0.990. The van der Waals surface area contributed by atoms with Gasteiger partial charge in [-0.1, -0.05) is 0 Å². The molecule has 1 saturated heterocycles. The monoisotopic (exact) mass is 334 g/mol. The number of nitrogens with one attached hydrogen (secondary N) is 2. The van der Waals surface area contributed by atoms with E-state index in [4.69, 9.17) is 9.47 Å². The predicted octanol–water partition coefficient (Wildman–Crippen LogP) is 1.08. The van der Waals surface area contributed by atoms with Gasteiger partial charge in [-0.25, -0.2) is 4.79 Å². The topological polar surface area (TPSA) is 96.9 Å². The number of thioether (sulfide) groups is 1. The quantitative estimate of drug-likeness (QED) is 0.611. The van der Waals surface area contributed by atoms with Crippen LogP contribution in [-0.2, 0) is 14.3 Å². The molecule has 0 spiro atoms. The molecule has 0 radical (unpaired) electrons. The largest absolute Gasteiger partial charge is 0.480 e. The van der Waals surface area contributed by atoms with Crippen molar-refractivity contribution >= 4 is 23.8 Å². The number of carboxylic acid groups (broad SMARTS) is 1. The molecule has 8 heteroatoms. The number of carbonyl (C=O) groups excluding carboxylic acids is 1. The SMILES string of the molecule is CSCC[C@H](NC1(CNC(=O)OC(C)(C)C)COC1)C(=O)O. The van der Waals surface area contributed by atoms with E-state index in [0.29, 0.717) is 19.6 Å². The molecule has 0 aromatic heterocycles. The van der Waals surface area contributed by atoms with Crippen LogP contribution in [0.25, 0.3) is 0 Å². The third-order valence-electron chi connectivity index (χ3n) is 3.12. The van der Waals surface area contributed by atoms with Gasteiger partial charge in [-0.2, -0.15) is 11.8 Å². The van der Waals surface area contributed by atoms with E-state index in [-0.39, 0.29) is 6.54 Å².